The first-order valence-corrected chi connectivity index (χ1v) is 7.42. The van der Waals surface area contributed by atoms with E-state index in [0.29, 0.717) is 18.1 Å². The highest BCUT2D eigenvalue weighted by Gasteiger charge is 2.06. The lowest BCUT2D eigenvalue weighted by atomic mass is 10.3. The lowest BCUT2D eigenvalue weighted by Crippen LogP contribution is -2.20. The molecule has 3 aromatic rings. The van der Waals surface area contributed by atoms with Crippen LogP contribution in [0.15, 0.2) is 53.5 Å². The molecule has 0 amide bonds. The predicted molar refractivity (Wildman–Crippen MR) is 91.6 cm³/mol. The summed E-state index contributed by atoms with van der Waals surface area (Å²) in [7, 11) is 0. The molecule has 0 atom stereocenters. The molecule has 0 aliphatic heterocycles. The van der Waals surface area contributed by atoms with Crippen molar-refractivity contribution in [3.8, 4) is 11.8 Å². The lowest BCUT2D eigenvalue weighted by molar-refractivity contribution is 0.819. The number of anilines is 2. The van der Waals surface area contributed by atoms with Crippen molar-refractivity contribution in [2.24, 2.45) is 0 Å². The number of hydrogen-bond acceptors (Lipinski definition) is 4. The molecular formula is C18H16N4O. The Labute approximate surface area is 134 Å². The fourth-order valence-corrected chi connectivity index (χ4v) is 2.19. The third kappa shape index (κ3) is 3.38. The highest BCUT2D eigenvalue weighted by atomic mass is 16.1. The minimum atomic E-state index is -0.118. The van der Waals surface area contributed by atoms with Crippen LogP contribution in [0.3, 0.4) is 0 Å². The number of rotatable bonds is 3. The van der Waals surface area contributed by atoms with E-state index in [1.54, 1.807) is 16.8 Å². The van der Waals surface area contributed by atoms with Crippen LogP contribution in [0, 0.1) is 11.8 Å². The zero-order valence-electron chi connectivity index (χ0n) is 12.8. The van der Waals surface area contributed by atoms with Crippen LogP contribution in [0.5, 0.6) is 0 Å². The molecule has 0 bridgehead atoms. The summed E-state index contributed by atoms with van der Waals surface area (Å²) >= 11 is 0. The number of nitrogens with zero attached hydrogens (tertiary/aromatic N) is 3. The summed E-state index contributed by atoms with van der Waals surface area (Å²) < 4.78 is 1.57. The summed E-state index contributed by atoms with van der Waals surface area (Å²) in [5.74, 6) is 6.41. The number of pyridine rings is 1. The normalized spacial score (nSPS) is 10.1. The van der Waals surface area contributed by atoms with Gasteiger partial charge in [0, 0.05) is 29.8 Å². The van der Waals surface area contributed by atoms with Crippen LogP contribution in [-0.4, -0.2) is 14.5 Å². The maximum atomic E-state index is 12.1. The van der Waals surface area contributed by atoms with Gasteiger partial charge in [0.1, 0.15) is 5.65 Å². The van der Waals surface area contributed by atoms with Crippen LogP contribution < -0.4 is 10.9 Å². The Bertz CT molecular complexity index is 936. The van der Waals surface area contributed by atoms with E-state index in [-0.39, 0.29) is 5.56 Å². The largest absolute Gasteiger partial charge is 0.324 e. The zero-order valence-corrected chi connectivity index (χ0v) is 12.8. The van der Waals surface area contributed by atoms with E-state index in [1.807, 2.05) is 37.3 Å². The number of benzene rings is 1. The first kappa shape index (κ1) is 14.8. The fourth-order valence-electron chi connectivity index (χ4n) is 2.19. The molecule has 0 saturated carbocycles. The molecule has 5 nitrogen and oxygen atoms in total. The highest BCUT2D eigenvalue weighted by molar-refractivity contribution is 5.75. The van der Waals surface area contributed by atoms with Gasteiger partial charge >= 0.3 is 0 Å². The Morgan fingerprint density at radius 3 is 2.74 bits per heavy atom. The second-order valence-electron chi connectivity index (χ2n) is 4.93. The van der Waals surface area contributed by atoms with Gasteiger partial charge in [-0.3, -0.25) is 9.36 Å². The number of nitrogens with one attached hydrogen (secondary N) is 1. The maximum absolute atomic E-state index is 12.1. The maximum Gasteiger partial charge on any atom is 0.253 e. The van der Waals surface area contributed by atoms with Crippen molar-refractivity contribution in [2.45, 2.75) is 19.9 Å². The van der Waals surface area contributed by atoms with Crippen LogP contribution in [0.4, 0.5) is 11.6 Å². The van der Waals surface area contributed by atoms with E-state index >= 15 is 0 Å². The average molecular weight is 304 g/mol. The summed E-state index contributed by atoms with van der Waals surface area (Å²) in [6.45, 7) is 2.30. The number of fused-ring (bicyclic) bond motifs is 1. The van der Waals surface area contributed by atoms with Crippen LogP contribution in [0.2, 0.25) is 0 Å². The number of hydrogen-bond donors (Lipinski definition) is 1. The molecule has 0 spiro atoms. The van der Waals surface area contributed by atoms with Gasteiger partial charge in [-0.25, -0.2) is 4.98 Å². The number of aromatic nitrogens is 3. The van der Waals surface area contributed by atoms with Crippen LogP contribution in [-0.2, 0) is 6.54 Å². The van der Waals surface area contributed by atoms with E-state index in [0.717, 1.165) is 17.5 Å². The van der Waals surface area contributed by atoms with Crippen LogP contribution in [0.25, 0.3) is 11.0 Å². The van der Waals surface area contributed by atoms with Crippen molar-refractivity contribution < 1.29 is 0 Å². The molecular weight excluding hydrogens is 288 g/mol. The van der Waals surface area contributed by atoms with Crippen molar-refractivity contribution >= 4 is 22.7 Å². The smallest absolute Gasteiger partial charge is 0.253 e. The van der Waals surface area contributed by atoms with E-state index in [9.17, 15) is 4.79 Å². The predicted octanol–water partition coefficient (Wildman–Crippen LogP) is 2.95. The van der Waals surface area contributed by atoms with Crippen LogP contribution in [0.1, 0.15) is 13.3 Å². The fraction of sp³-hybridized carbons (Fsp3) is 0.167. The summed E-state index contributed by atoms with van der Waals surface area (Å²) in [4.78, 5) is 20.9. The van der Waals surface area contributed by atoms with E-state index in [2.05, 4.69) is 27.1 Å². The minimum absolute atomic E-state index is 0.118. The summed E-state index contributed by atoms with van der Waals surface area (Å²) in [5, 5.41) is 3.94. The van der Waals surface area contributed by atoms with E-state index in [1.165, 1.54) is 6.07 Å². The Morgan fingerprint density at radius 1 is 1.13 bits per heavy atom. The molecule has 114 valence electrons. The molecule has 23 heavy (non-hydrogen) atoms. The second kappa shape index (κ2) is 6.75. The highest BCUT2D eigenvalue weighted by Crippen LogP contribution is 2.15. The summed E-state index contributed by atoms with van der Waals surface area (Å²) in [6.07, 6.45) is 2.46. The van der Waals surface area contributed by atoms with Gasteiger partial charge in [0.25, 0.3) is 5.56 Å². The topological polar surface area (TPSA) is 59.8 Å². The molecule has 5 heteroatoms. The molecule has 0 unspecified atom stereocenters. The third-order valence-corrected chi connectivity index (χ3v) is 3.29. The quantitative estimate of drug-likeness (QED) is 0.756. The molecule has 0 aliphatic rings. The molecule has 3 rings (SSSR count). The monoisotopic (exact) mass is 304 g/mol. The minimum Gasteiger partial charge on any atom is -0.324 e. The SMILES string of the molecule is CCC#CCn1c(=O)ccc2cnc(Nc3ccccc3)nc21. The zero-order chi connectivity index (χ0) is 16.1. The van der Waals surface area contributed by atoms with Gasteiger partial charge in [0.05, 0.1) is 6.54 Å². The van der Waals surface area contributed by atoms with Gasteiger partial charge in [0.2, 0.25) is 5.95 Å². The van der Waals surface area contributed by atoms with Gasteiger partial charge in [-0.1, -0.05) is 31.0 Å². The Hall–Kier alpha value is -3.13. The van der Waals surface area contributed by atoms with Gasteiger partial charge in [-0.2, -0.15) is 4.98 Å². The van der Waals surface area contributed by atoms with Gasteiger partial charge in [-0.15, -0.1) is 5.92 Å². The Kier molecular flexibility index (Phi) is 4.34. The van der Waals surface area contributed by atoms with Gasteiger partial charge in [-0.05, 0) is 18.2 Å². The number of para-hydroxylation sites is 1. The van der Waals surface area contributed by atoms with Gasteiger partial charge < -0.3 is 5.32 Å². The standard InChI is InChI=1S/C18H16N4O/c1-2-3-7-12-22-16(23)11-10-14-13-19-18(21-17(14)22)20-15-8-5-4-6-9-15/h4-6,8-11,13H,2,12H2,1H3,(H,19,20,21). The van der Waals surface area contributed by atoms with E-state index in [4.69, 9.17) is 0 Å². The van der Waals surface area contributed by atoms with Crippen molar-refractivity contribution in [3.05, 3.63) is 59.0 Å². The second-order valence-corrected chi connectivity index (χ2v) is 4.93. The molecule has 1 N–H and O–H groups in total. The third-order valence-electron chi connectivity index (χ3n) is 3.29. The lowest BCUT2D eigenvalue weighted by Gasteiger charge is -2.08. The Balaban J connectivity index is 2.03. The van der Waals surface area contributed by atoms with Crippen molar-refractivity contribution in [1.29, 1.82) is 0 Å². The molecule has 0 aliphatic carbocycles. The van der Waals surface area contributed by atoms with Gasteiger partial charge in [0.15, 0.2) is 0 Å². The van der Waals surface area contributed by atoms with Crippen molar-refractivity contribution in [3.63, 3.8) is 0 Å². The molecule has 0 fully saturated rings. The summed E-state index contributed by atoms with van der Waals surface area (Å²) in [6, 6.07) is 12.9. The van der Waals surface area contributed by atoms with Crippen molar-refractivity contribution in [2.75, 3.05) is 5.32 Å². The first-order chi connectivity index (χ1) is 11.3. The summed E-state index contributed by atoms with van der Waals surface area (Å²) in [5.41, 5.74) is 1.35. The molecule has 2 heterocycles. The molecule has 2 aromatic heterocycles. The van der Waals surface area contributed by atoms with Crippen LogP contribution >= 0.6 is 0 Å². The molecule has 0 saturated heterocycles. The van der Waals surface area contributed by atoms with E-state index < -0.39 is 0 Å². The first-order valence-electron chi connectivity index (χ1n) is 7.42. The Morgan fingerprint density at radius 2 is 1.96 bits per heavy atom. The molecule has 1 aromatic carbocycles. The average Bonchev–Trinajstić information content (AvgIpc) is 2.58. The molecule has 0 radical (unpaired) electrons. The van der Waals surface area contributed by atoms with Crippen molar-refractivity contribution in [1.82, 2.24) is 14.5 Å².